The molecule has 8 nitrogen and oxygen atoms in total. The molecule has 0 aromatic carbocycles. The first kappa shape index (κ1) is 19.4. The molecule has 1 aliphatic carbocycles. The Kier molecular flexibility index (Phi) is 4.31. The number of nitrogens with zero attached hydrogens (tertiary/aromatic N) is 6. The Balaban J connectivity index is 1.32. The molecule has 6 rings (SSSR count). The number of methoxy groups -OCH3 is 1. The molecule has 5 heterocycles. The van der Waals surface area contributed by atoms with Crippen LogP contribution in [-0.4, -0.2) is 68.8 Å². The van der Waals surface area contributed by atoms with E-state index in [1.165, 1.54) is 13.4 Å². The molecule has 3 aromatic heterocycles. The Bertz CT molecular complexity index is 1200. The van der Waals surface area contributed by atoms with Crippen molar-refractivity contribution in [1.29, 1.82) is 0 Å². The van der Waals surface area contributed by atoms with Crippen LogP contribution in [0.5, 0.6) is 5.88 Å². The van der Waals surface area contributed by atoms with Crippen LogP contribution in [0.3, 0.4) is 0 Å². The molecule has 32 heavy (non-hydrogen) atoms. The van der Waals surface area contributed by atoms with Crippen LogP contribution in [0.4, 0.5) is 14.5 Å². The van der Waals surface area contributed by atoms with Gasteiger partial charge in [0, 0.05) is 43.1 Å². The summed E-state index contributed by atoms with van der Waals surface area (Å²) >= 11 is 0. The van der Waals surface area contributed by atoms with E-state index in [9.17, 15) is 13.6 Å². The van der Waals surface area contributed by atoms with Crippen LogP contribution in [0.15, 0.2) is 30.9 Å². The predicted molar refractivity (Wildman–Crippen MR) is 112 cm³/mol. The monoisotopic (exact) mass is 440 g/mol. The number of ether oxygens (including phenoxy) is 1. The zero-order valence-corrected chi connectivity index (χ0v) is 17.5. The molecule has 0 radical (unpaired) electrons. The number of carbonyl (C=O) groups is 1. The van der Waals surface area contributed by atoms with E-state index in [2.05, 4.69) is 20.0 Å². The molecule has 1 amide bonds. The molecule has 4 atom stereocenters. The predicted octanol–water partition coefficient (Wildman–Crippen LogP) is 2.48. The number of rotatable bonds is 4. The Morgan fingerprint density at radius 1 is 1.22 bits per heavy atom. The third kappa shape index (κ3) is 2.92. The number of aromatic nitrogens is 4. The topological polar surface area (TPSA) is 75.9 Å². The first-order valence-electron chi connectivity index (χ1n) is 10.8. The van der Waals surface area contributed by atoms with E-state index in [-0.39, 0.29) is 29.6 Å². The van der Waals surface area contributed by atoms with Crippen molar-refractivity contribution < 1.29 is 18.3 Å². The number of hydrogen-bond acceptors (Lipinski definition) is 6. The summed E-state index contributed by atoms with van der Waals surface area (Å²) in [6.07, 6.45) is 5.95. The molecule has 3 fully saturated rings. The summed E-state index contributed by atoms with van der Waals surface area (Å²) in [7, 11) is 1.36. The summed E-state index contributed by atoms with van der Waals surface area (Å²) in [4.78, 5) is 24.8. The molecular weight excluding hydrogens is 418 g/mol. The minimum atomic E-state index is -0.972. The van der Waals surface area contributed by atoms with Crippen molar-refractivity contribution in [2.24, 2.45) is 5.92 Å². The summed E-state index contributed by atoms with van der Waals surface area (Å²) in [6.45, 7) is 1.36. The summed E-state index contributed by atoms with van der Waals surface area (Å²) in [5.74, 6) is -1.20. The van der Waals surface area contributed by atoms with Gasteiger partial charge in [0.1, 0.15) is 18.2 Å². The van der Waals surface area contributed by atoms with E-state index in [4.69, 9.17) is 4.74 Å². The van der Waals surface area contributed by atoms with Gasteiger partial charge in [-0.1, -0.05) is 0 Å². The number of piperazine rings is 1. The van der Waals surface area contributed by atoms with Crippen LogP contribution < -0.4 is 9.64 Å². The third-order valence-electron chi connectivity index (χ3n) is 6.82. The highest BCUT2D eigenvalue weighted by atomic mass is 19.1. The van der Waals surface area contributed by atoms with Gasteiger partial charge in [-0.2, -0.15) is 14.5 Å². The van der Waals surface area contributed by atoms with E-state index < -0.39 is 17.9 Å². The van der Waals surface area contributed by atoms with E-state index in [0.29, 0.717) is 25.1 Å². The highest BCUT2D eigenvalue weighted by Gasteiger charge is 2.51. The molecule has 0 N–H and O–H groups in total. The smallest absolute Gasteiger partial charge is 0.253 e. The maximum atomic E-state index is 14.7. The van der Waals surface area contributed by atoms with Crippen LogP contribution in [0.2, 0.25) is 0 Å². The van der Waals surface area contributed by atoms with Crippen molar-refractivity contribution in [1.82, 2.24) is 24.5 Å². The van der Waals surface area contributed by atoms with Gasteiger partial charge in [-0.05, 0) is 31.4 Å². The second-order valence-electron chi connectivity index (χ2n) is 8.71. The highest BCUT2D eigenvalue weighted by molar-refractivity contribution is 5.84. The lowest BCUT2D eigenvalue weighted by atomic mass is 10.1. The highest BCUT2D eigenvalue weighted by Crippen LogP contribution is 2.41. The van der Waals surface area contributed by atoms with Gasteiger partial charge in [0.05, 0.1) is 24.2 Å². The summed E-state index contributed by atoms with van der Waals surface area (Å²) in [5.41, 5.74) is 2.51. The molecule has 166 valence electrons. The van der Waals surface area contributed by atoms with E-state index in [0.717, 1.165) is 24.0 Å². The lowest BCUT2D eigenvalue weighted by molar-refractivity contribution is -0.136. The molecule has 3 aromatic rings. The van der Waals surface area contributed by atoms with Crippen molar-refractivity contribution in [2.75, 3.05) is 25.1 Å². The van der Waals surface area contributed by atoms with Crippen molar-refractivity contribution in [3.05, 3.63) is 36.7 Å². The SMILES string of the molecule is COc1ncnc(-c2cc3c(N4CC5CCC(C4)N5C(=O)[C@@H]4C[C@H]4F)ccnn3c2)c1F. The first-order chi connectivity index (χ1) is 15.5. The fourth-order valence-electron chi connectivity index (χ4n) is 5.16. The summed E-state index contributed by atoms with van der Waals surface area (Å²) in [6, 6.07) is 3.95. The molecular formula is C22H22F2N6O2. The lowest BCUT2D eigenvalue weighted by Crippen LogP contribution is -2.56. The zero-order chi connectivity index (χ0) is 22.0. The van der Waals surface area contributed by atoms with Gasteiger partial charge in [0.25, 0.3) is 5.88 Å². The molecule has 1 saturated carbocycles. The number of alkyl halides is 1. The second kappa shape index (κ2) is 7.11. The number of amides is 1. The van der Waals surface area contributed by atoms with Crippen LogP contribution in [0, 0.1) is 11.7 Å². The molecule has 2 aliphatic heterocycles. The summed E-state index contributed by atoms with van der Waals surface area (Å²) < 4.78 is 34.9. The first-order valence-corrected chi connectivity index (χ1v) is 10.8. The minimum absolute atomic E-state index is 0.0253. The standard InChI is InChI=1S/C22H22F2N6O2/c1-32-21-19(24)20(25-11-26-21)12-6-18-17(4-5-27-29(18)8-12)28-9-13-2-3-14(10-28)30(13)22(31)15-7-16(15)23/h4-6,8,11,13-16H,2-3,7,9-10H2,1H3/t13?,14?,15-,16-/m1/s1. The van der Waals surface area contributed by atoms with Gasteiger partial charge in [0.15, 0.2) is 0 Å². The average molecular weight is 440 g/mol. The van der Waals surface area contributed by atoms with E-state index in [1.54, 1.807) is 16.9 Å². The number of fused-ring (bicyclic) bond motifs is 3. The van der Waals surface area contributed by atoms with Gasteiger partial charge in [0.2, 0.25) is 11.7 Å². The van der Waals surface area contributed by atoms with Crippen molar-refractivity contribution >= 4 is 17.1 Å². The van der Waals surface area contributed by atoms with Crippen LogP contribution in [0.1, 0.15) is 19.3 Å². The van der Waals surface area contributed by atoms with Gasteiger partial charge < -0.3 is 14.5 Å². The van der Waals surface area contributed by atoms with E-state index in [1.807, 2.05) is 17.0 Å². The Morgan fingerprint density at radius 3 is 2.66 bits per heavy atom. The Morgan fingerprint density at radius 2 is 1.97 bits per heavy atom. The fraction of sp³-hybridized carbons (Fsp3) is 0.455. The summed E-state index contributed by atoms with van der Waals surface area (Å²) in [5, 5.41) is 4.38. The fourth-order valence-corrected chi connectivity index (χ4v) is 5.16. The number of hydrogen-bond donors (Lipinski definition) is 0. The Hall–Kier alpha value is -3.30. The number of halogens is 2. The molecule has 3 aliphatic rings. The van der Waals surface area contributed by atoms with Gasteiger partial charge in [-0.25, -0.2) is 13.9 Å². The number of carbonyl (C=O) groups excluding carboxylic acids is 1. The molecule has 10 heteroatoms. The molecule has 2 saturated heterocycles. The molecule has 2 bridgehead atoms. The normalized spacial score (nSPS) is 26.6. The van der Waals surface area contributed by atoms with E-state index >= 15 is 0 Å². The minimum Gasteiger partial charge on any atom is -0.479 e. The maximum absolute atomic E-state index is 14.7. The van der Waals surface area contributed by atoms with Crippen LogP contribution in [-0.2, 0) is 4.79 Å². The van der Waals surface area contributed by atoms with Crippen molar-refractivity contribution in [3.8, 4) is 17.1 Å². The lowest BCUT2D eigenvalue weighted by Gasteiger charge is -2.42. The van der Waals surface area contributed by atoms with Crippen molar-refractivity contribution in [3.63, 3.8) is 0 Å². The zero-order valence-electron chi connectivity index (χ0n) is 17.5. The maximum Gasteiger partial charge on any atom is 0.253 e. The van der Waals surface area contributed by atoms with Gasteiger partial charge in [-0.15, -0.1) is 0 Å². The van der Waals surface area contributed by atoms with Gasteiger partial charge >= 0.3 is 0 Å². The average Bonchev–Trinajstić information content (AvgIpc) is 3.27. The van der Waals surface area contributed by atoms with Crippen molar-refractivity contribution in [2.45, 2.75) is 37.5 Å². The quantitative estimate of drug-likeness (QED) is 0.621. The Labute approximate surface area is 182 Å². The molecule has 2 unspecified atom stereocenters. The second-order valence-corrected chi connectivity index (χ2v) is 8.71. The van der Waals surface area contributed by atoms with Crippen LogP contribution >= 0.6 is 0 Å². The molecule has 0 spiro atoms. The number of anilines is 1. The largest absolute Gasteiger partial charge is 0.479 e. The van der Waals surface area contributed by atoms with Gasteiger partial charge in [-0.3, -0.25) is 4.79 Å². The van der Waals surface area contributed by atoms with Crippen LogP contribution in [0.25, 0.3) is 16.8 Å². The third-order valence-corrected chi connectivity index (χ3v) is 6.82.